The van der Waals surface area contributed by atoms with Crippen molar-refractivity contribution < 1.29 is 19.1 Å². The summed E-state index contributed by atoms with van der Waals surface area (Å²) in [6.07, 6.45) is 4.84. The molecule has 1 saturated heterocycles. The Morgan fingerprint density at radius 1 is 1.15 bits per heavy atom. The number of hydrogen-bond acceptors (Lipinski definition) is 5. The van der Waals surface area contributed by atoms with Gasteiger partial charge in [0.05, 0.1) is 6.61 Å². The van der Waals surface area contributed by atoms with E-state index in [-0.39, 0.29) is 18.2 Å². The number of unbranched alkanes of at least 4 members (excludes halogenated alkanes) is 3. The van der Waals surface area contributed by atoms with Crippen LogP contribution in [0.3, 0.4) is 0 Å². The Morgan fingerprint density at radius 2 is 1.96 bits per heavy atom. The number of imide groups is 1. The highest BCUT2D eigenvalue weighted by molar-refractivity contribution is 6.05. The van der Waals surface area contributed by atoms with E-state index in [4.69, 9.17) is 10.5 Å². The van der Waals surface area contributed by atoms with Gasteiger partial charge in [-0.1, -0.05) is 12.8 Å². The van der Waals surface area contributed by atoms with Gasteiger partial charge in [0, 0.05) is 18.5 Å². The molecule has 0 saturated carbocycles. The van der Waals surface area contributed by atoms with E-state index in [9.17, 15) is 14.4 Å². The van der Waals surface area contributed by atoms with E-state index in [0.717, 1.165) is 43.5 Å². The van der Waals surface area contributed by atoms with Crippen molar-refractivity contribution in [1.82, 2.24) is 10.2 Å². The summed E-state index contributed by atoms with van der Waals surface area (Å²) >= 11 is 0. The molecule has 1 aromatic rings. The first-order chi connectivity index (χ1) is 12.6. The van der Waals surface area contributed by atoms with Gasteiger partial charge in [0.1, 0.15) is 11.8 Å². The second-order valence-corrected chi connectivity index (χ2v) is 6.77. The van der Waals surface area contributed by atoms with Crippen molar-refractivity contribution in [2.75, 3.05) is 13.2 Å². The summed E-state index contributed by atoms with van der Waals surface area (Å²) in [7, 11) is 0. The highest BCUT2D eigenvalue weighted by Gasteiger charge is 2.39. The molecule has 1 aromatic carbocycles. The summed E-state index contributed by atoms with van der Waals surface area (Å²) in [4.78, 5) is 37.5. The van der Waals surface area contributed by atoms with Crippen molar-refractivity contribution in [3.63, 3.8) is 0 Å². The van der Waals surface area contributed by atoms with Crippen LogP contribution in [-0.4, -0.2) is 41.8 Å². The van der Waals surface area contributed by atoms with Crippen LogP contribution < -0.4 is 15.8 Å². The molecule has 2 aliphatic heterocycles. The maximum absolute atomic E-state index is 12.6. The summed E-state index contributed by atoms with van der Waals surface area (Å²) in [5, 5.41) is 2.31. The molecule has 2 heterocycles. The van der Waals surface area contributed by atoms with Crippen LogP contribution in [0, 0.1) is 0 Å². The first-order valence-electron chi connectivity index (χ1n) is 9.20. The molecular formula is C19H25N3O4. The van der Waals surface area contributed by atoms with E-state index in [1.165, 1.54) is 0 Å². The number of nitrogens with zero attached hydrogens (tertiary/aromatic N) is 1. The van der Waals surface area contributed by atoms with Crippen LogP contribution in [0.5, 0.6) is 5.75 Å². The molecule has 7 nitrogen and oxygen atoms in total. The number of hydrogen-bond donors (Lipinski definition) is 2. The van der Waals surface area contributed by atoms with E-state index in [0.29, 0.717) is 25.1 Å². The molecular weight excluding hydrogens is 334 g/mol. The van der Waals surface area contributed by atoms with Crippen LogP contribution in [0.1, 0.15) is 54.4 Å². The van der Waals surface area contributed by atoms with Gasteiger partial charge in [0.15, 0.2) is 0 Å². The van der Waals surface area contributed by atoms with Crippen molar-refractivity contribution >= 4 is 17.7 Å². The summed E-state index contributed by atoms with van der Waals surface area (Å²) in [6, 6.07) is 4.84. The van der Waals surface area contributed by atoms with Crippen molar-refractivity contribution in [3.05, 3.63) is 29.3 Å². The topological polar surface area (TPSA) is 102 Å². The molecule has 7 heteroatoms. The average Bonchev–Trinajstić information content (AvgIpc) is 2.94. The first kappa shape index (κ1) is 18.4. The standard InChI is InChI=1S/C19H25N3O4/c20-9-3-1-2-4-10-26-14-5-6-15-13(11-14)12-22(19(15)25)16-7-8-17(23)21-18(16)24/h5-6,11,16H,1-4,7-10,12,20H2,(H,21,23,24)/t16-/m0/s1. The normalized spacial score (nSPS) is 19.5. The molecule has 26 heavy (non-hydrogen) atoms. The number of amides is 3. The number of rotatable bonds is 8. The molecule has 1 atom stereocenters. The Bertz CT molecular complexity index is 704. The molecule has 0 unspecified atom stereocenters. The lowest BCUT2D eigenvalue weighted by molar-refractivity contribution is -0.136. The zero-order chi connectivity index (χ0) is 18.5. The Kier molecular flexibility index (Phi) is 5.88. The number of nitrogens with one attached hydrogen (secondary N) is 1. The minimum Gasteiger partial charge on any atom is -0.494 e. The van der Waals surface area contributed by atoms with Gasteiger partial charge in [-0.3, -0.25) is 19.7 Å². The maximum atomic E-state index is 12.6. The maximum Gasteiger partial charge on any atom is 0.255 e. The lowest BCUT2D eigenvalue weighted by atomic mass is 10.0. The smallest absolute Gasteiger partial charge is 0.255 e. The fraction of sp³-hybridized carbons (Fsp3) is 0.526. The number of carbonyl (C=O) groups excluding carboxylic acids is 3. The predicted molar refractivity (Wildman–Crippen MR) is 95.5 cm³/mol. The fourth-order valence-corrected chi connectivity index (χ4v) is 3.43. The predicted octanol–water partition coefficient (Wildman–Crippen LogP) is 1.35. The van der Waals surface area contributed by atoms with E-state index in [1.807, 2.05) is 6.07 Å². The van der Waals surface area contributed by atoms with Crippen molar-refractivity contribution in [1.29, 1.82) is 0 Å². The highest BCUT2D eigenvalue weighted by Crippen LogP contribution is 2.30. The molecule has 3 amide bonds. The molecule has 140 valence electrons. The Morgan fingerprint density at radius 3 is 2.73 bits per heavy atom. The minimum atomic E-state index is -0.584. The molecule has 0 aliphatic carbocycles. The number of fused-ring (bicyclic) bond motifs is 1. The average molecular weight is 359 g/mol. The zero-order valence-electron chi connectivity index (χ0n) is 14.8. The summed E-state index contributed by atoms with van der Waals surface area (Å²) in [5.41, 5.74) is 6.94. The van der Waals surface area contributed by atoms with Crippen LogP contribution in [0.4, 0.5) is 0 Å². The SMILES string of the molecule is NCCCCCCOc1ccc2c(c1)CN([C@H]1CCC(=O)NC1=O)C2=O. The molecule has 0 spiro atoms. The first-order valence-corrected chi connectivity index (χ1v) is 9.20. The summed E-state index contributed by atoms with van der Waals surface area (Å²) < 4.78 is 5.78. The molecule has 3 N–H and O–H groups in total. The van der Waals surface area contributed by atoms with Gasteiger partial charge in [0.25, 0.3) is 5.91 Å². The number of benzene rings is 1. The van der Waals surface area contributed by atoms with Gasteiger partial charge >= 0.3 is 0 Å². The molecule has 0 radical (unpaired) electrons. The number of ether oxygens (including phenoxy) is 1. The van der Waals surface area contributed by atoms with Crippen LogP contribution in [0.2, 0.25) is 0 Å². The fourth-order valence-electron chi connectivity index (χ4n) is 3.43. The Labute approximate surface area is 152 Å². The van der Waals surface area contributed by atoms with Gasteiger partial charge < -0.3 is 15.4 Å². The lowest BCUT2D eigenvalue weighted by Crippen LogP contribution is -2.52. The number of carbonyl (C=O) groups is 3. The van der Waals surface area contributed by atoms with Crippen molar-refractivity contribution in [3.8, 4) is 5.75 Å². The van der Waals surface area contributed by atoms with Gasteiger partial charge in [-0.2, -0.15) is 0 Å². The molecule has 0 bridgehead atoms. The third-order valence-electron chi connectivity index (χ3n) is 4.86. The van der Waals surface area contributed by atoms with Crippen LogP contribution in [0.25, 0.3) is 0 Å². The molecule has 3 rings (SSSR count). The third-order valence-corrected chi connectivity index (χ3v) is 4.86. The third kappa shape index (κ3) is 4.04. The lowest BCUT2D eigenvalue weighted by Gasteiger charge is -2.29. The second kappa shape index (κ2) is 8.31. The van der Waals surface area contributed by atoms with Gasteiger partial charge in [-0.25, -0.2) is 0 Å². The van der Waals surface area contributed by atoms with Gasteiger partial charge in [-0.05, 0) is 49.6 Å². The largest absolute Gasteiger partial charge is 0.494 e. The van der Waals surface area contributed by atoms with Gasteiger partial charge in [-0.15, -0.1) is 0 Å². The molecule has 1 fully saturated rings. The summed E-state index contributed by atoms with van der Waals surface area (Å²) in [5.74, 6) is -0.0998. The summed E-state index contributed by atoms with van der Waals surface area (Å²) in [6.45, 7) is 1.73. The Balaban J connectivity index is 1.58. The van der Waals surface area contributed by atoms with E-state index >= 15 is 0 Å². The van der Waals surface area contributed by atoms with Crippen LogP contribution >= 0.6 is 0 Å². The van der Waals surface area contributed by atoms with E-state index < -0.39 is 11.9 Å². The number of nitrogens with two attached hydrogens (primary N) is 1. The minimum absolute atomic E-state index is 0.164. The quantitative estimate of drug-likeness (QED) is 0.539. The van der Waals surface area contributed by atoms with Crippen LogP contribution in [0.15, 0.2) is 18.2 Å². The Hall–Kier alpha value is -2.41. The monoisotopic (exact) mass is 359 g/mol. The number of piperidine rings is 1. The van der Waals surface area contributed by atoms with Crippen LogP contribution in [-0.2, 0) is 16.1 Å². The molecule has 0 aromatic heterocycles. The van der Waals surface area contributed by atoms with E-state index in [1.54, 1.807) is 17.0 Å². The zero-order valence-corrected chi connectivity index (χ0v) is 14.8. The van der Waals surface area contributed by atoms with Crippen molar-refractivity contribution in [2.45, 2.75) is 51.1 Å². The van der Waals surface area contributed by atoms with E-state index in [2.05, 4.69) is 5.32 Å². The highest BCUT2D eigenvalue weighted by atomic mass is 16.5. The molecule has 2 aliphatic rings. The van der Waals surface area contributed by atoms with Gasteiger partial charge in [0.2, 0.25) is 11.8 Å². The van der Waals surface area contributed by atoms with Crippen molar-refractivity contribution in [2.24, 2.45) is 5.73 Å². The second-order valence-electron chi connectivity index (χ2n) is 6.77.